The first-order valence-corrected chi connectivity index (χ1v) is 20.3. The van der Waals surface area contributed by atoms with Gasteiger partial charge in [0, 0.05) is 83.2 Å². The van der Waals surface area contributed by atoms with E-state index in [0.717, 1.165) is 29.7 Å². The maximum Gasteiger partial charge on any atom is 0.410 e. The van der Waals surface area contributed by atoms with Gasteiger partial charge >= 0.3 is 18.1 Å². The van der Waals surface area contributed by atoms with E-state index in [1.807, 2.05) is 47.9 Å². The van der Waals surface area contributed by atoms with Gasteiger partial charge in [0.1, 0.15) is 11.6 Å². The van der Waals surface area contributed by atoms with E-state index < -0.39 is 18.2 Å². The molecule has 2 N–H and O–H groups in total. The molecule has 0 aliphatic carbocycles. The lowest BCUT2D eigenvalue weighted by molar-refractivity contribution is -0.141. The summed E-state index contributed by atoms with van der Waals surface area (Å²) in [7, 11) is 0. The summed E-state index contributed by atoms with van der Waals surface area (Å²) in [5, 5.41) is 13.4. The number of urea groups is 1. The van der Waals surface area contributed by atoms with Crippen molar-refractivity contribution in [2.24, 2.45) is 0 Å². The molecule has 1 atom stereocenters. The number of pyridine rings is 1. The first-order chi connectivity index (χ1) is 27.9. The van der Waals surface area contributed by atoms with Crippen LogP contribution >= 0.6 is 0 Å². The zero-order valence-corrected chi connectivity index (χ0v) is 33.9. The molecule has 15 nitrogen and oxygen atoms in total. The zero-order chi connectivity index (χ0) is 41.3. The van der Waals surface area contributed by atoms with Crippen LogP contribution < -0.4 is 10.2 Å². The van der Waals surface area contributed by atoms with E-state index in [1.54, 1.807) is 52.8 Å². The van der Waals surface area contributed by atoms with Crippen LogP contribution in [0.2, 0.25) is 0 Å². The third-order valence-corrected chi connectivity index (χ3v) is 11.2. The molecule has 3 aromatic rings. The normalized spacial score (nSPS) is 16.5. The van der Waals surface area contributed by atoms with E-state index in [4.69, 9.17) is 9.47 Å². The quantitative estimate of drug-likeness (QED) is 0.244. The Morgan fingerprint density at radius 3 is 2.29 bits per heavy atom. The molecule has 0 radical (unpaired) electrons. The molecule has 2 fully saturated rings. The van der Waals surface area contributed by atoms with Gasteiger partial charge in [0.2, 0.25) is 0 Å². The fraction of sp³-hybridized carbons (Fsp3) is 0.488. The fourth-order valence-electron chi connectivity index (χ4n) is 7.94. The standard InChI is InChI=1S/C43H55N7O8/c1-5-16-46(6-2)38(51)28-57-41(54)33-11-12-37(44-27-33)47-20-22-48(23-21-47)40(53)36(26-31-24-29(3)39(52)30(4)25-31)58-43(56)49-17-14-34(15-18-49)50-19-13-32-9-7-8-10-35(32)45-42(50)55/h7-12,24-25,27,34,36,52H,5-6,13-23,26,28H2,1-4H3,(H,45,55)/t36-/m1/s1. The Balaban J connectivity index is 1.05. The number of aromatic hydroxyl groups is 1. The molecule has 6 rings (SSSR count). The summed E-state index contributed by atoms with van der Waals surface area (Å²) in [6, 6.07) is 14.6. The second-order valence-electron chi connectivity index (χ2n) is 15.2. The minimum Gasteiger partial charge on any atom is -0.507 e. The van der Waals surface area contributed by atoms with E-state index in [9.17, 15) is 29.1 Å². The number of aromatic nitrogens is 1. The molecule has 3 aliphatic heterocycles. The van der Waals surface area contributed by atoms with Crippen LogP contribution in [0.1, 0.15) is 65.7 Å². The van der Waals surface area contributed by atoms with Gasteiger partial charge in [0.25, 0.3) is 11.8 Å². The number of amides is 5. The second kappa shape index (κ2) is 19.1. The number of para-hydroxylation sites is 1. The summed E-state index contributed by atoms with van der Waals surface area (Å²) < 4.78 is 11.3. The Morgan fingerprint density at radius 2 is 1.64 bits per heavy atom. The van der Waals surface area contributed by atoms with Crippen molar-refractivity contribution in [2.45, 2.75) is 71.9 Å². The summed E-state index contributed by atoms with van der Waals surface area (Å²) >= 11 is 0. The highest BCUT2D eigenvalue weighted by Gasteiger charge is 2.36. The largest absolute Gasteiger partial charge is 0.507 e. The minimum atomic E-state index is -1.10. The number of likely N-dealkylation sites (tertiary alicyclic amines) is 1. The Morgan fingerprint density at radius 1 is 0.931 bits per heavy atom. The summed E-state index contributed by atoms with van der Waals surface area (Å²) in [6.45, 7) is 11.2. The number of carbonyl (C=O) groups excluding carboxylic acids is 5. The molecule has 1 aromatic heterocycles. The van der Waals surface area contributed by atoms with Crippen LogP contribution in [0.5, 0.6) is 5.75 Å². The number of hydrogen-bond donors (Lipinski definition) is 2. The van der Waals surface area contributed by atoms with Crippen LogP contribution in [0, 0.1) is 13.8 Å². The summed E-state index contributed by atoms with van der Waals surface area (Å²) in [4.78, 5) is 79.3. The zero-order valence-electron chi connectivity index (χ0n) is 33.9. The van der Waals surface area contributed by atoms with Crippen molar-refractivity contribution >= 4 is 41.4 Å². The van der Waals surface area contributed by atoms with Crippen LogP contribution in [0.15, 0.2) is 54.7 Å². The van der Waals surface area contributed by atoms with Crippen LogP contribution in [0.3, 0.4) is 0 Å². The van der Waals surface area contributed by atoms with Crippen molar-refractivity contribution in [1.29, 1.82) is 0 Å². The van der Waals surface area contributed by atoms with Crippen molar-refractivity contribution in [1.82, 2.24) is 24.6 Å². The molecular formula is C43H55N7O8. The predicted octanol–water partition coefficient (Wildman–Crippen LogP) is 4.77. The third-order valence-electron chi connectivity index (χ3n) is 11.2. The number of ether oxygens (including phenoxy) is 2. The number of esters is 1. The first kappa shape index (κ1) is 41.8. The molecule has 2 aromatic carbocycles. The van der Waals surface area contributed by atoms with Crippen LogP contribution in [-0.2, 0) is 31.9 Å². The Kier molecular flexibility index (Phi) is 13.7. The molecule has 5 amide bonds. The lowest BCUT2D eigenvalue weighted by atomic mass is 10.0. The van der Waals surface area contributed by atoms with Crippen LogP contribution in [0.25, 0.3) is 0 Å². The summed E-state index contributed by atoms with van der Waals surface area (Å²) in [6.07, 6.45) is 2.61. The van der Waals surface area contributed by atoms with Crippen LogP contribution in [-0.4, -0.2) is 137 Å². The molecular weight excluding hydrogens is 743 g/mol. The monoisotopic (exact) mass is 797 g/mol. The highest BCUT2D eigenvalue weighted by atomic mass is 16.6. The lowest BCUT2D eigenvalue weighted by Crippen LogP contribution is -2.54. The predicted molar refractivity (Wildman–Crippen MR) is 218 cm³/mol. The van der Waals surface area contributed by atoms with Crippen LogP contribution in [0.4, 0.5) is 21.1 Å². The van der Waals surface area contributed by atoms with Gasteiger partial charge in [-0.05, 0) is 86.9 Å². The number of piperidine rings is 1. The van der Waals surface area contributed by atoms with Crippen molar-refractivity contribution in [3.63, 3.8) is 0 Å². The van der Waals surface area contributed by atoms with Gasteiger partial charge in [-0.15, -0.1) is 0 Å². The molecule has 0 spiro atoms. The molecule has 3 aliphatic rings. The number of nitrogens with zero attached hydrogens (tertiary/aromatic N) is 6. The molecule has 15 heteroatoms. The number of piperazine rings is 1. The van der Waals surface area contributed by atoms with E-state index in [1.165, 1.54) is 6.20 Å². The molecule has 58 heavy (non-hydrogen) atoms. The SMILES string of the molecule is CCCN(CC)C(=O)COC(=O)c1ccc(N2CCN(C(=O)[C@@H](Cc3cc(C)c(O)c(C)c3)OC(=O)N3CCC(N4CCc5ccccc5NC4=O)CC3)CC2)nc1. The van der Waals surface area contributed by atoms with Gasteiger partial charge in [0.05, 0.1) is 5.56 Å². The number of carbonyl (C=O) groups is 5. The number of hydrogen-bond acceptors (Lipinski definition) is 10. The number of aryl methyl sites for hydroxylation is 2. The summed E-state index contributed by atoms with van der Waals surface area (Å²) in [5.41, 5.74) is 4.25. The first-order valence-electron chi connectivity index (χ1n) is 20.3. The van der Waals surface area contributed by atoms with E-state index in [2.05, 4.69) is 10.3 Å². The van der Waals surface area contributed by atoms with Gasteiger partial charge < -0.3 is 44.4 Å². The van der Waals surface area contributed by atoms with E-state index >= 15 is 0 Å². The topological polar surface area (TPSA) is 165 Å². The summed E-state index contributed by atoms with van der Waals surface area (Å²) in [5.74, 6) is -0.372. The number of fused-ring (bicyclic) bond motifs is 1. The molecule has 0 bridgehead atoms. The number of phenolic OH excluding ortho intramolecular Hbond substituents is 1. The number of likely N-dealkylation sites (N-methyl/N-ethyl adjacent to an activating group) is 1. The second-order valence-corrected chi connectivity index (χ2v) is 15.2. The Labute approximate surface area is 339 Å². The maximum absolute atomic E-state index is 14.2. The molecule has 0 saturated carbocycles. The number of nitrogens with one attached hydrogen (secondary N) is 1. The molecule has 4 heterocycles. The van der Waals surface area contributed by atoms with Gasteiger partial charge in [-0.2, -0.15) is 0 Å². The van der Waals surface area contributed by atoms with Crippen molar-refractivity contribution < 1.29 is 38.6 Å². The third kappa shape index (κ3) is 9.98. The Hall–Kier alpha value is -5.86. The van der Waals surface area contributed by atoms with E-state index in [-0.39, 0.29) is 48.2 Å². The van der Waals surface area contributed by atoms with Gasteiger partial charge in [-0.1, -0.05) is 37.3 Å². The number of anilines is 2. The highest BCUT2D eigenvalue weighted by Crippen LogP contribution is 2.27. The van der Waals surface area contributed by atoms with Gasteiger partial charge in [0.15, 0.2) is 12.7 Å². The van der Waals surface area contributed by atoms with Crippen molar-refractivity contribution in [3.05, 3.63) is 82.5 Å². The fourth-order valence-corrected chi connectivity index (χ4v) is 7.94. The van der Waals surface area contributed by atoms with Crippen molar-refractivity contribution in [3.8, 4) is 5.75 Å². The number of rotatable bonds is 12. The minimum absolute atomic E-state index is 0.0346. The number of benzene rings is 2. The Bertz CT molecular complexity index is 1930. The molecule has 0 unspecified atom stereocenters. The average molecular weight is 798 g/mol. The smallest absolute Gasteiger partial charge is 0.410 e. The highest BCUT2D eigenvalue weighted by molar-refractivity contribution is 5.92. The maximum atomic E-state index is 14.2. The molecule has 2 saturated heterocycles. The van der Waals surface area contributed by atoms with E-state index in [0.29, 0.717) is 88.7 Å². The molecule has 310 valence electrons. The lowest BCUT2D eigenvalue weighted by Gasteiger charge is -2.39. The van der Waals surface area contributed by atoms with Crippen molar-refractivity contribution in [2.75, 3.05) is 75.7 Å². The van der Waals surface area contributed by atoms with Gasteiger partial charge in [-0.25, -0.2) is 19.4 Å². The number of phenols is 1. The average Bonchev–Trinajstić information content (AvgIpc) is 3.41. The van der Waals surface area contributed by atoms with Gasteiger partial charge in [-0.3, -0.25) is 9.59 Å².